The van der Waals surface area contributed by atoms with Crippen molar-refractivity contribution in [2.45, 2.75) is 24.3 Å². The maximum absolute atomic E-state index is 11.3. The summed E-state index contributed by atoms with van der Waals surface area (Å²) in [5.41, 5.74) is 0.756. The Morgan fingerprint density at radius 2 is 2.11 bits per heavy atom. The van der Waals surface area contributed by atoms with Gasteiger partial charge in [-0.2, -0.15) is 0 Å². The standard InChI is InChI=1S/C13H16N2O2S2/c1-2-12(13-7-4-8-18-13)15-10-5-3-6-11(9-10)19(14,16)17/h3-9,12,15H,2H2,1H3,(H2,14,16,17). The van der Waals surface area contributed by atoms with Gasteiger partial charge in [0.15, 0.2) is 0 Å². The Morgan fingerprint density at radius 3 is 2.68 bits per heavy atom. The van der Waals surface area contributed by atoms with Crippen LogP contribution in [-0.4, -0.2) is 8.42 Å². The SMILES string of the molecule is CCC(Nc1cccc(S(N)(=O)=O)c1)c1cccs1. The van der Waals surface area contributed by atoms with Crippen molar-refractivity contribution in [1.29, 1.82) is 0 Å². The van der Waals surface area contributed by atoms with Crippen LogP contribution in [0.4, 0.5) is 5.69 Å². The van der Waals surface area contributed by atoms with Gasteiger partial charge in [0.1, 0.15) is 0 Å². The quantitative estimate of drug-likeness (QED) is 0.891. The van der Waals surface area contributed by atoms with Gasteiger partial charge in [-0.05, 0) is 36.1 Å². The summed E-state index contributed by atoms with van der Waals surface area (Å²) in [4.78, 5) is 1.35. The normalized spacial score (nSPS) is 13.2. The Bertz CT molecular complexity index is 636. The maximum atomic E-state index is 11.3. The van der Waals surface area contributed by atoms with Crippen molar-refractivity contribution >= 4 is 27.0 Å². The van der Waals surface area contributed by atoms with Crippen molar-refractivity contribution in [3.05, 3.63) is 46.7 Å². The summed E-state index contributed by atoms with van der Waals surface area (Å²) < 4.78 is 22.6. The summed E-state index contributed by atoms with van der Waals surface area (Å²) in [6, 6.07) is 10.8. The van der Waals surface area contributed by atoms with Crippen LogP contribution in [0.25, 0.3) is 0 Å². The van der Waals surface area contributed by atoms with Crippen molar-refractivity contribution in [2.24, 2.45) is 5.14 Å². The molecule has 1 heterocycles. The minimum atomic E-state index is -3.66. The number of benzene rings is 1. The second-order valence-electron chi connectivity index (χ2n) is 4.19. The minimum absolute atomic E-state index is 0.124. The molecule has 0 aliphatic carbocycles. The van der Waals surface area contributed by atoms with Crippen LogP contribution in [0.2, 0.25) is 0 Å². The van der Waals surface area contributed by atoms with Gasteiger partial charge in [0.2, 0.25) is 10.0 Å². The first-order valence-corrected chi connectivity index (χ1v) is 8.36. The molecule has 0 aliphatic rings. The fraction of sp³-hybridized carbons (Fsp3) is 0.231. The van der Waals surface area contributed by atoms with E-state index in [4.69, 9.17) is 5.14 Å². The van der Waals surface area contributed by atoms with E-state index in [-0.39, 0.29) is 10.9 Å². The summed E-state index contributed by atoms with van der Waals surface area (Å²) in [5, 5.41) is 10.5. The summed E-state index contributed by atoms with van der Waals surface area (Å²) in [7, 11) is -3.66. The van der Waals surface area contributed by atoms with E-state index < -0.39 is 10.0 Å². The molecule has 0 radical (unpaired) electrons. The number of anilines is 1. The highest BCUT2D eigenvalue weighted by atomic mass is 32.2. The van der Waals surface area contributed by atoms with Crippen LogP contribution in [0.1, 0.15) is 24.3 Å². The Balaban J connectivity index is 2.23. The first kappa shape index (κ1) is 14.0. The molecule has 0 saturated heterocycles. The molecule has 1 aromatic heterocycles. The Morgan fingerprint density at radius 1 is 1.32 bits per heavy atom. The lowest BCUT2D eigenvalue weighted by atomic mass is 10.1. The van der Waals surface area contributed by atoms with Gasteiger partial charge >= 0.3 is 0 Å². The van der Waals surface area contributed by atoms with Crippen molar-refractivity contribution in [2.75, 3.05) is 5.32 Å². The number of rotatable bonds is 5. The number of sulfonamides is 1. The van der Waals surface area contributed by atoms with Gasteiger partial charge in [0, 0.05) is 10.6 Å². The number of nitrogens with two attached hydrogens (primary N) is 1. The molecule has 0 saturated carbocycles. The molecule has 0 fully saturated rings. The molecule has 1 unspecified atom stereocenters. The topological polar surface area (TPSA) is 72.2 Å². The molecule has 3 N–H and O–H groups in total. The van der Waals surface area contributed by atoms with Gasteiger partial charge in [0.05, 0.1) is 10.9 Å². The zero-order chi connectivity index (χ0) is 13.9. The molecule has 19 heavy (non-hydrogen) atoms. The molecule has 0 spiro atoms. The van der Waals surface area contributed by atoms with Crippen molar-refractivity contribution < 1.29 is 8.42 Å². The van der Waals surface area contributed by atoms with E-state index in [9.17, 15) is 8.42 Å². The van der Waals surface area contributed by atoms with E-state index in [1.807, 2.05) is 17.5 Å². The molecule has 0 bridgehead atoms. The van der Waals surface area contributed by atoms with Gasteiger partial charge in [-0.1, -0.05) is 19.1 Å². The molecular weight excluding hydrogens is 280 g/mol. The molecule has 6 heteroatoms. The summed E-state index contributed by atoms with van der Waals surface area (Å²) >= 11 is 1.68. The maximum Gasteiger partial charge on any atom is 0.238 e. The molecule has 102 valence electrons. The molecule has 0 amide bonds. The van der Waals surface area contributed by atoms with E-state index in [2.05, 4.69) is 18.3 Å². The molecule has 0 aliphatic heterocycles. The third-order valence-corrected chi connectivity index (χ3v) is 4.70. The lowest BCUT2D eigenvalue weighted by Gasteiger charge is -2.17. The van der Waals surface area contributed by atoms with Crippen LogP contribution in [0, 0.1) is 0 Å². The fourth-order valence-electron chi connectivity index (χ4n) is 1.83. The second-order valence-corrected chi connectivity index (χ2v) is 6.73. The zero-order valence-electron chi connectivity index (χ0n) is 10.5. The van der Waals surface area contributed by atoms with E-state index in [0.717, 1.165) is 12.1 Å². The van der Waals surface area contributed by atoms with Crippen LogP contribution >= 0.6 is 11.3 Å². The summed E-state index contributed by atoms with van der Waals surface area (Å²) in [6.07, 6.45) is 0.917. The molecule has 2 rings (SSSR count). The minimum Gasteiger partial charge on any atom is -0.377 e. The number of thiophene rings is 1. The predicted molar refractivity (Wildman–Crippen MR) is 78.8 cm³/mol. The van der Waals surface area contributed by atoms with E-state index in [1.54, 1.807) is 23.5 Å². The first-order valence-electron chi connectivity index (χ1n) is 5.93. The number of primary sulfonamides is 1. The summed E-state index contributed by atoms with van der Waals surface area (Å²) in [6.45, 7) is 2.08. The van der Waals surface area contributed by atoms with Crippen LogP contribution in [0.3, 0.4) is 0 Å². The molecule has 4 nitrogen and oxygen atoms in total. The Labute approximate surface area is 117 Å². The highest BCUT2D eigenvalue weighted by Gasteiger charge is 2.12. The van der Waals surface area contributed by atoms with Gasteiger partial charge in [-0.3, -0.25) is 0 Å². The van der Waals surface area contributed by atoms with Crippen LogP contribution < -0.4 is 10.5 Å². The van der Waals surface area contributed by atoms with E-state index in [1.165, 1.54) is 10.9 Å². The van der Waals surface area contributed by atoms with Crippen molar-refractivity contribution in [3.63, 3.8) is 0 Å². The number of hydrogen-bond donors (Lipinski definition) is 2. The number of hydrogen-bond acceptors (Lipinski definition) is 4. The van der Waals surface area contributed by atoms with Gasteiger partial charge < -0.3 is 5.32 Å². The summed E-state index contributed by atoms with van der Waals surface area (Å²) in [5.74, 6) is 0. The van der Waals surface area contributed by atoms with Crippen molar-refractivity contribution in [3.8, 4) is 0 Å². The third kappa shape index (κ3) is 3.56. The average Bonchev–Trinajstić information content (AvgIpc) is 2.89. The van der Waals surface area contributed by atoms with Crippen LogP contribution in [0.5, 0.6) is 0 Å². The Kier molecular flexibility index (Phi) is 4.24. The smallest absolute Gasteiger partial charge is 0.238 e. The molecule has 2 aromatic rings. The molecule has 1 atom stereocenters. The molecule has 1 aromatic carbocycles. The number of nitrogens with one attached hydrogen (secondary N) is 1. The van der Waals surface area contributed by atoms with Crippen molar-refractivity contribution in [1.82, 2.24) is 0 Å². The molecular formula is C13H16N2O2S2. The third-order valence-electron chi connectivity index (χ3n) is 2.80. The highest BCUT2D eigenvalue weighted by Crippen LogP contribution is 2.26. The monoisotopic (exact) mass is 296 g/mol. The Hall–Kier alpha value is -1.37. The van der Waals surface area contributed by atoms with Crippen LogP contribution in [-0.2, 0) is 10.0 Å². The predicted octanol–water partition coefficient (Wildman–Crippen LogP) is 2.96. The van der Waals surface area contributed by atoms with Gasteiger partial charge in [0.25, 0.3) is 0 Å². The lowest BCUT2D eigenvalue weighted by Crippen LogP contribution is -2.13. The van der Waals surface area contributed by atoms with Gasteiger partial charge in [-0.15, -0.1) is 11.3 Å². The van der Waals surface area contributed by atoms with Crippen LogP contribution in [0.15, 0.2) is 46.7 Å². The lowest BCUT2D eigenvalue weighted by molar-refractivity contribution is 0.598. The first-order chi connectivity index (χ1) is 9.00. The van der Waals surface area contributed by atoms with E-state index in [0.29, 0.717) is 0 Å². The van der Waals surface area contributed by atoms with Gasteiger partial charge in [-0.25, -0.2) is 13.6 Å². The van der Waals surface area contributed by atoms with E-state index >= 15 is 0 Å². The highest BCUT2D eigenvalue weighted by molar-refractivity contribution is 7.89. The fourth-order valence-corrected chi connectivity index (χ4v) is 3.25. The zero-order valence-corrected chi connectivity index (χ0v) is 12.2. The second kappa shape index (κ2) is 5.73. The average molecular weight is 296 g/mol. The largest absolute Gasteiger partial charge is 0.377 e.